The van der Waals surface area contributed by atoms with Gasteiger partial charge in [-0.1, -0.05) is 248 Å². The first-order valence-electron chi connectivity index (χ1n) is 28.2. The minimum Gasteiger partial charge on any atom is -0.448 e. The monoisotopic (exact) mass is 1180 g/mol. The molecule has 0 aliphatic carbocycles. The van der Waals surface area contributed by atoms with Gasteiger partial charge >= 0.3 is 5.97 Å². The van der Waals surface area contributed by atoms with Gasteiger partial charge in [-0.15, -0.1) is 34.9 Å². The lowest BCUT2D eigenvalue weighted by Gasteiger charge is -2.49. The molecule has 3 aliphatic heterocycles. The van der Waals surface area contributed by atoms with Crippen molar-refractivity contribution in [2.75, 3.05) is 23.4 Å². The van der Waals surface area contributed by atoms with Gasteiger partial charge in [0.1, 0.15) is 28.3 Å². The van der Waals surface area contributed by atoms with Crippen LogP contribution < -0.4 is 10.6 Å². The van der Waals surface area contributed by atoms with Crippen molar-refractivity contribution in [2.45, 2.75) is 60.8 Å². The van der Waals surface area contributed by atoms with Crippen LogP contribution in [0.4, 0.5) is 5.13 Å². The second kappa shape index (κ2) is 25.3. The number of aromatic nitrogens is 1. The van der Waals surface area contributed by atoms with E-state index in [9.17, 15) is 0 Å². The number of thioether (sulfide) groups is 2. The maximum absolute atomic E-state index is 15.6. The molecule has 12 rings (SSSR count). The van der Waals surface area contributed by atoms with Gasteiger partial charge in [-0.25, -0.2) is 9.78 Å². The number of esters is 1. The zero-order valence-corrected chi connectivity index (χ0v) is 49.2. The Balaban J connectivity index is 0.927. The van der Waals surface area contributed by atoms with Crippen molar-refractivity contribution in [2.24, 2.45) is 5.16 Å². The zero-order chi connectivity index (χ0) is 58.2. The number of hydrogen-bond acceptors (Lipinski definition) is 13. The number of thiazole rings is 1. The molecule has 0 bridgehead atoms. The molecular weight excluding hydrogens is 1120 g/mol. The Hall–Kier alpha value is -8.57. The van der Waals surface area contributed by atoms with E-state index in [2.05, 4.69) is 47.0 Å². The number of benzene rings is 8. The molecule has 2 fully saturated rings. The Morgan fingerprint density at radius 3 is 1.61 bits per heavy atom. The number of anilines is 1. The van der Waals surface area contributed by atoms with E-state index in [0.29, 0.717) is 34.6 Å². The average Bonchev–Trinajstić information content (AvgIpc) is 1.52. The molecule has 1 aromatic heterocycles. The Morgan fingerprint density at radius 2 is 1.14 bits per heavy atom. The average molecular weight is 1180 g/mol. The maximum Gasteiger partial charge on any atom is 0.356 e. The van der Waals surface area contributed by atoms with Crippen molar-refractivity contribution in [1.29, 1.82) is 0 Å². The van der Waals surface area contributed by atoms with Gasteiger partial charge in [0.05, 0.1) is 12.7 Å². The van der Waals surface area contributed by atoms with Crippen LogP contribution in [0.2, 0.25) is 0 Å². The number of fused-ring (bicyclic) bond motifs is 1. The van der Waals surface area contributed by atoms with Gasteiger partial charge in [-0.3, -0.25) is 14.5 Å². The third-order valence-corrected chi connectivity index (χ3v) is 18.8. The van der Waals surface area contributed by atoms with Crippen LogP contribution in [0.3, 0.4) is 0 Å². The Labute approximate surface area is 507 Å². The largest absolute Gasteiger partial charge is 0.448 e. The molecule has 12 nitrogen and oxygen atoms in total. The third-order valence-electron chi connectivity index (χ3n) is 15.3. The van der Waals surface area contributed by atoms with Crippen molar-refractivity contribution >= 4 is 63.5 Å². The van der Waals surface area contributed by atoms with Gasteiger partial charge in [0.25, 0.3) is 11.8 Å². The van der Waals surface area contributed by atoms with Crippen LogP contribution in [-0.2, 0) is 44.6 Å². The van der Waals surface area contributed by atoms with E-state index < -0.39 is 52.2 Å². The third kappa shape index (κ3) is 11.8. The first-order chi connectivity index (χ1) is 41.6. The first kappa shape index (κ1) is 56.9. The molecule has 3 atom stereocenters. The quantitative estimate of drug-likeness (QED) is 0.0248. The molecule has 2 amide bonds. The summed E-state index contributed by atoms with van der Waals surface area (Å²) >= 11 is 4.24. The van der Waals surface area contributed by atoms with Crippen molar-refractivity contribution in [3.05, 3.63) is 309 Å². The number of ether oxygens (including phenoxy) is 3. The number of rotatable bonds is 20. The van der Waals surface area contributed by atoms with Crippen LogP contribution >= 0.6 is 34.9 Å². The molecule has 2 saturated heterocycles. The van der Waals surface area contributed by atoms with E-state index in [1.54, 1.807) is 5.38 Å². The van der Waals surface area contributed by atoms with Gasteiger partial charge in [0.2, 0.25) is 5.60 Å². The van der Waals surface area contributed by atoms with Crippen molar-refractivity contribution in [3.8, 4) is 0 Å². The fourth-order valence-corrected chi connectivity index (χ4v) is 14.7. The van der Waals surface area contributed by atoms with Crippen LogP contribution in [0.15, 0.2) is 264 Å². The molecule has 9 aromatic rings. The van der Waals surface area contributed by atoms with Gasteiger partial charge < -0.3 is 29.7 Å². The molecule has 15 heteroatoms. The predicted octanol–water partition coefficient (Wildman–Crippen LogP) is 13.5. The van der Waals surface area contributed by atoms with Gasteiger partial charge in [0.15, 0.2) is 22.7 Å². The summed E-state index contributed by atoms with van der Waals surface area (Å²) in [6.07, 6.45) is -0.280. The van der Waals surface area contributed by atoms with Gasteiger partial charge in [0, 0.05) is 38.5 Å². The summed E-state index contributed by atoms with van der Waals surface area (Å²) in [6, 6.07) is 77.8. The molecule has 85 heavy (non-hydrogen) atoms. The molecular formula is C70H61N5O7S3. The fraction of sp³-hybridized carbons (Fsp3) is 0.186. The van der Waals surface area contributed by atoms with Gasteiger partial charge in [-0.2, -0.15) is 0 Å². The second-order valence-electron chi connectivity index (χ2n) is 21.1. The predicted molar refractivity (Wildman–Crippen MR) is 337 cm³/mol. The number of carbonyl (C=O) groups is 3. The Bertz CT molecular complexity index is 3570. The molecule has 3 aliphatic rings. The van der Waals surface area contributed by atoms with Crippen molar-refractivity contribution < 1.29 is 33.4 Å². The number of hydrogen-bond donors (Lipinski definition) is 2. The molecule has 4 heterocycles. The number of nitrogens with one attached hydrogen (secondary N) is 2. The smallest absolute Gasteiger partial charge is 0.356 e. The summed E-state index contributed by atoms with van der Waals surface area (Å²) in [6.45, 7) is 4.31. The number of β-lactam (4-membered cyclic amide) rings is 1. The fourth-order valence-electron chi connectivity index (χ4n) is 11.3. The number of amides is 2. The molecule has 0 saturated carbocycles. The standard InChI is InChI=1S/C70H61N5O7S3/c1-68(2)79-44-43-56(81-68)45-83-58-47-84-65-60(64(77)75(65)61(58)66(78)80-62(48-27-11-3-12-28-48)49-29-13-4-14-30-49)72-63(76)59(74-82-70(53-37-21-8-22-38-53,54-39-23-9-24-40-54)55-41-25-10-26-42-55)57-46-85-67(71-57)73-69(50-31-15-5-16-32-50,51-33-17-6-18-34-51)52-35-19-7-20-36-52/h3-42,46,56,60,62,65H,43-45,47H2,1-2H3,(H,71,73)(H,72,76)/b74-59-/t56?,60?,65-/m0/s1. The summed E-state index contributed by atoms with van der Waals surface area (Å²) in [5.74, 6) is -1.75. The highest BCUT2D eigenvalue weighted by Gasteiger charge is 2.55. The maximum atomic E-state index is 15.6. The summed E-state index contributed by atoms with van der Waals surface area (Å²) in [7, 11) is 0. The van der Waals surface area contributed by atoms with E-state index in [1.165, 1.54) is 39.8 Å². The van der Waals surface area contributed by atoms with Crippen molar-refractivity contribution in [1.82, 2.24) is 15.2 Å². The summed E-state index contributed by atoms with van der Waals surface area (Å²) < 4.78 is 18.7. The Kier molecular flexibility index (Phi) is 17.0. The number of oxime groups is 1. The van der Waals surface area contributed by atoms with Crippen LogP contribution in [0.5, 0.6) is 0 Å². The minimum absolute atomic E-state index is 0.136. The number of nitrogens with zero attached hydrogens (tertiary/aromatic N) is 3. The SMILES string of the molecule is CC1(C)OCCC(CSC2=C(C(=O)OC(c3ccccc3)c3ccccc3)N3C(=O)C(NC(=O)/C(=N\OC(c4ccccc4)(c4ccccc4)c4ccccc4)c4csc(NC(c5ccccc5)(c5ccccc5)c5ccccc5)n4)[C@@H]3SC2)O1. The highest BCUT2D eigenvalue weighted by atomic mass is 32.2. The molecule has 2 N–H and O–H groups in total. The van der Waals surface area contributed by atoms with E-state index >= 15 is 14.4 Å². The van der Waals surface area contributed by atoms with Crippen LogP contribution in [0, 0.1) is 0 Å². The van der Waals surface area contributed by atoms with E-state index in [0.717, 1.165) is 44.5 Å². The van der Waals surface area contributed by atoms with Crippen molar-refractivity contribution in [3.63, 3.8) is 0 Å². The minimum atomic E-state index is -1.38. The molecule has 0 spiro atoms. The van der Waals surface area contributed by atoms with E-state index in [-0.39, 0.29) is 23.2 Å². The van der Waals surface area contributed by atoms with Gasteiger partial charge in [-0.05, 0) is 48.1 Å². The van der Waals surface area contributed by atoms with Crippen LogP contribution in [0.1, 0.15) is 76.6 Å². The first-order valence-corrected chi connectivity index (χ1v) is 31.1. The molecule has 0 radical (unpaired) electrons. The van der Waals surface area contributed by atoms with E-state index in [4.69, 9.17) is 29.2 Å². The lowest BCUT2D eigenvalue weighted by atomic mass is 9.77. The molecule has 8 aromatic carbocycles. The lowest BCUT2D eigenvalue weighted by molar-refractivity contribution is -0.267. The summed E-state index contributed by atoms with van der Waals surface area (Å²) in [5, 5.41) is 13.4. The normalized spacial score (nSPS) is 17.8. The summed E-state index contributed by atoms with van der Waals surface area (Å²) in [4.78, 5) is 60.2. The molecule has 2 unspecified atom stereocenters. The zero-order valence-electron chi connectivity index (χ0n) is 46.7. The number of carbonyl (C=O) groups excluding carboxylic acids is 3. The highest BCUT2D eigenvalue weighted by Crippen LogP contribution is 2.47. The lowest BCUT2D eigenvalue weighted by Crippen LogP contribution is -2.71. The van der Waals surface area contributed by atoms with Crippen LogP contribution in [0.25, 0.3) is 0 Å². The summed E-state index contributed by atoms with van der Waals surface area (Å²) in [5.41, 5.74) is 4.54. The van der Waals surface area contributed by atoms with Crippen LogP contribution in [-0.4, -0.2) is 74.8 Å². The second-order valence-corrected chi connectivity index (χ2v) is 24.2. The van der Waals surface area contributed by atoms with E-state index in [1.807, 2.05) is 220 Å². The Morgan fingerprint density at radius 1 is 0.682 bits per heavy atom. The highest BCUT2D eigenvalue weighted by molar-refractivity contribution is 8.06. The topological polar surface area (TPSA) is 141 Å². The molecule has 426 valence electrons.